The fourth-order valence-electron chi connectivity index (χ4n) is 4.06. The van der Waals surface area contributed by atoms with Gasteiger partial charge in [-0.25, -0.2) is 9.97 Å². The van der Waals surface area contributed by atoms with Crippen LogP contribution < -0.4 is 16.0 Å². The van der Waals surface area contributed by atoms with Gasteiger partial charge < -0.3 is 16.0 Å². The van der Waals surface area contributed by atoms with E-state index in [0.717, 1.165) is 53.2 Å². The number of carbonyl (C=O) groups is 1. The van der Waals surface area contributed by atoms with Crippen LogP contribution in [-0.4, -0.2) is 29.0 Å². The molecule has 32 heavy (non-hydrogen) atoms. The van der Waals surface area contributed by atoms with Crippen LogP contribution in [0.25, 0.3) is 11.1 Å². The van der Waals surface area contributed by atoms with Crippen molar-refractivity contribution < 1.29 is 4.79 Å². The van der Waals surface area contributed by atoms with Crippen molar-refractivity contribution in [3.05, 3.63) is 71.7 Å². The van der Waals surface area contributed by atoms with E-state index in [9.17, 15) is 4.79 Å². The second-order valence-corrected chi connectivity index (χ2v) is 8.56. The maximum absolute atomic E-state index is 12.6. The molecule has 0 spiro atoms. The van der Waals surface area contributed by atoms with E-state index < -0.39 is 0 Å². The molecule has 3 N–H and O–H groups in total. The summed E-state index contributed by atoms with van der Waals surface area (Å²) in [5.41, 5.74) is 10.1. The Labute approximate surface area is 189 Å². The van der Waals surface area contributed by atoms with E-state index in [4.69, 9.17) is 5.73 Å². The van der Waals surface area contributed by atoms with Gasteiger partial charge in [-0.3, -0.25) is 4.79 Å². The molecule has 4 rings (SSSR count). The van der Waals surface area contributed by atoms with Gasteiger partial charge in [0.05, 0.1) is 12.2 Å². The summed E-state index contributed by atoms with van der Waals surface area (Å²) in [7, 11) is 0. The summed E-state index contributed by atoms with van der Waals surface area (Å²) in [6.07, 6.45) is 3.83. The summed E-state index contributed by atoms with van der Waals surface area (Å²) in [4.78, 5) is 24.0. The zero-order valence-electron chi connectivity index (χ0n) is 18.8. The molecule has 2 heterocycles. The highest BCUT2D eigenvalue weighted by molar-refractivity contribution is 5.94. The van der Waals surface area contributed by atoms with Crippen molar-refractivity contribution in [2.45, 2.75) is 39.7 Å². The zero-order chi connectivity index (χ0) is 22.5. The van der Waals surface area contributed by atoms with Gasteiger partial charge in [0.2, 0.25) is 0 Å². The van der Waals surface area contributed by atoms with Gasteiger partial charge in [-0.05, 0) is 54.7 Å². The number of anilines is 2. The minimum Gasteiger partial charge on any atom is -0.399 e. The second kappa shape index (κ2) is 9.81. The maximum atomic E-state index is 12.6. The lowest BCUT2D eigenvalue weighted by Crippen LogP contribution is -2.47. The number of nitrogen functional groups attached to an aromatic ring is 1. The first-order chi connectivity index (χ1) is 15.5. The van der Waals surface area contributed by atoms with Gasteiger partial charge in [-0.1, -0.05) is 44.0 Å². The molecule has 1 fully saturated rings. The molecule has 0 saturated carbocycles. The lowest BCUT2D eigenvalue weighted by molar-refractivity contribution is 0.0950. The van der Waals surface area contributed by atoms with Gasteiger partial charge in [0.1, 0.15) is 11.6 Å². The molecule has 1 aromatic heterocycles. The number of rotatable bonds is 8. The van der Waals surface area contributed by atoms with E-state index in [-0.39, 0.29) is 5.91 Å². The third-order valence-electron chi connectivity index (χ3n) is 5.95. The van der Waals surface area contributed by atoms with E-state index in [1.54, 1.807) is 0 Å². The molecule has 6 heteroatoms. The molecule has 3 aromatic rings. The van der Waals surface area contributed by atoms with Crippen LogP contribution in [0, 0.1) is 12.8 Å². The van der Waals surface area contributed by atoms with Crippen LogP contribution in [0.15, 0.2) is 54.6 Å². The molecule has 0 aliphatic carbocycles. The Hall–Kier alpha value is -3.41. The van der Waals surface area contributed by atoms with Crippen LogP contribution in [0.1, 0.15) is 48.1 Å². The Morgan fingerprint density at radius 2 is 1.72 bits per heavy atom. The second-order valence-electron chi connectivity index (χ2n) is 8.56. The number of amides is 1. The molecule has 166 valence electrons. The van der Waals surface area contributed by atoms with Gasteiger partial charge in [-0.2, -0.15) is 0 Å². The number of nitrogens with one attached hydrogen (secondary N) is 1. The molecule has 1 aliphatic rings. The van der Waals surface area contributed by atoms with E-state index in [1.807, 2.05) is 61.5 Å². The molecule has 0 atom stereocenters. The SMILES string of the molecule is CCCCC1CN(c2cc(CNC(=O)c3ccc(-c4ccc(N)cc4)cc3)nc(C)n2)C1. The normalized spacial score (nSPS) is 13.6. The topological polar surface area (TPSA) is 84.1 Å². The van der Waals surface area contributed by atoms with Crippen molar-refractivity contribution >= 4 is 17.4 Å². The van der Waals surface area contributed by atoms with Crippen molar-refractivity contribution in [3.8, 4) is 11.1 Å². The number of aromatic nitrogens is 2. The van der Waals surface area contributed by atoms with Crippen LogP contribution in [0.3, 0.4) is 0 Å². The number of carbonyl (C=O) groups excluding carboxylic acids is 1. The van der Waals surface area contributed by atoms with Gasteiger partial charge in [0.25, 0.3) is 5.91 Å². The van der Waals surface area contributed by atoms with E-state index in [2.05, 4.69) is 27.1 Å². The molecule has 1 aliphatic heterocycles. The quantitative estimate of drug-likeness (QED) is 0.512. The van der Waals surface area contributed by atoms with E-state index in [1.165, 1.54) is 19.3 Å². The minimum atomic E-state index is -0.116. The molecule has 1 amide bonds. The average molecular weight is 430 g/mol. The smallest absolute Gasteiger partial charge is 0.251 e. The Balaban J connectivity index is 1.35. The predicted molar refractivity (Wildman–Crippen MR) is 129 cm³/mol. The van der Waals surface area contributed by atoms with E-state index >= 15 is 0 Å². The fourth-order valence-corrected chi connectivity index (χ4v) is 4.06. The molecule has 0 unspecified atom stereocenters. The lowest BCUT2D eigenvalue weighted by Gasteiger charge is -2.40. The van der Waals surface area contributed by atoms with Crippen molar-refractivity contribution in [1.29, 1.82) is 0 Å². The highest BCUT2D eigenvalue weighted by Crippen LogP contribution is 2.27. The van der Waals surface area contributed by atoms with Gasteiger partial charge in [0.15, 0.2) is 0 Å². The monoisotopic (exact) mass is 429 g/mol. The van der Waals surface area contributed by atoms with Crippen LogP contribution in [0.2, 0.25) is 0 Å². The Kier molecular flexibility index (Phi) is 6.69. The van der Waals surface area contributed by atoms with Crippen molar-refractivity contribution in [2.24, 2.45) is 5.92 Å². The average Bonchev–Trinajstić information content (AvgIpc) is 2.77. The molecular weight excluding hydrogens is 398 g/mol. The Morgan fingerprint density at radius 3 is 2.38 bits per heavy atom. The van der Waals surface area contributed by atoms with Crippen molar-refractivity contribution in [1.82, 2.24) is 15.3 Å². The lowest BCUT2D eigenvalue weighted by atomic mass is 9.94. The third kappa shape index (κ3) is 5.25. The minimum absolute atomic E-state index is 0.116. The molecule has 6 nitrogen and oxygen atoms in total. The summed E-state index contributed by atoms with van der Waals surface area (Å²) in [5, 5.41) is 2.98. The van der Waals surface area contributed by atoms with Gasteiger partial charge in [0, 0.05) is 30.4 Å². The first-order valence-corrected chi connectivity index (χ1v) is 11.4. The molecule has 0 bridgehead atoms. The van der Waals surface area contributed by atoms with Crippen molar-refractivity contribution in [2.75, 3.05) is 23.7 Å². The predicted octanol–water partition coefficient (Wildman–Crippen LogP) is 4.59. The van der Waals surface area contributed by atoms with Crippen LogP contribution >= 0.6 is 0 Å². The van der Waals surface area contributed by atoms with Crippen LogP contribution in [0.5, 0.6) is 0 Å². The standard InChI is InChI=1S/C26H31N5O/c1-3-4-5-19-16-31(17-19)25-14-24(29-18(2)30-25)15-28-26(32)22-8-6-20(7-9-22)21-10-12-23(27)13-11-21/h6-14,19H,3-5,15-17,27H2,1-2H3,(H,28,32). The van der Waals surface area contributed by atoms with Crippen LogP contribution in [-0.2, 0) is 6.54 Å². The first kappa shape index (κ1) is 21.8. The molecule has 1 saturated heterocycles. The Morgan fingerprint density at radius 1 is 1.06 bits per heavy atom. The fraction of sp³-hybridized carbons (Fsp3) is 0.346. The number of benzene rings is 2. The number of unbranched alkanes of at least 4 members (excludes halogenated alkanes) is 1. The van der Waals surface area contributed by atoms with Gasteiger partial charge in [-0.15, -0.1) is 0 Å². The van der Waals surface area contributed by atoms with Crippen LogP contribution in [0.4, 0.5) is 11.5 Å². The van der Waals surface area contributed by atoms with Crippen molar-refractivity contribution in [3.63, 3.8) is 0 Å². The third-order valence-corrected chi connectivity index (χ3v) is 5.95. The number of hydrogen-bond donors (Lipinski definition) is 2. The highest BCUT2D eigenvalue weighted by atomic mass is 16.1. The highest BCUT2D eigenvalue weighted by Gasteiger charge is 2.27. The summed E-state index contributed by atoms with van der Waals surface area (Å²) in [6, 6.07) is 17.3. The maximum Gasteiger partial charge on any atom is 0.251 e. The van der Waals surface area contributed by atoms with E-state index in [0.29, 0.717) is 12.1 Å². The van der Waals surface area contributed by atoms with Gasteiger partial charge >= 0.3 is 0 Å². The summed E-state index contributed by atoms with van der Waals surface area (Å²) in [5.74, 6) is 2.35. The molecular formula is C26H31N5O. The molecule has 0 radical (unpaired) electrons. The largest absolute Gasteiger partial charge is 0.399 e. The summed E-state index contributed by atoms with van der Waals surface area (Å²) in [6.45, 7) is 6.63. The number of nitrogens with two attached hydrogens (primary N) is 1. The summed E-state index contributed by atoms with van der Waals surface area (Å²) >= 11 is 0. The number of hydrogen-bond acceptors (Lipinski definition) is 5. The Bertz CT molecular complexity index is 1060. The molecule has 2 aromatic carbocycles. The summed E-state index contributed by atoms with van der Waals surface area (Å²) < 4.78 is 0. The first-order valence-electron chi connectivity index (χ1n) is 11.4. The number of aryl methyl sites for hydroxylation is 1. The zero-order valence-corrected chi connectivity index (χ0v) is 18.8. The number of nitrogens with zero attached hydrogens (tertiary/aromatic N) is 3.